The van der Waals surface area contributed by atoms with E-state index in [0.29, 0.717) is 11.7 Å². The van der Waals surface area contributed by atoms with Gasteiger partial charge in [0.2, 0.25) is 0 Å². The Labute approximate surface area is 106 Å². The molecule has 1 saturated carbocycles. The Kier molecular flexibility index (Phi) is 3.02. The second-order valence-corrected chi connectivity index (χ2v) is 4.60. The SMILES string of the molecule is OCc1cc(N(Cc2ccco2)C2CC2)ccn1. The van der Waals surface area contributed by atoms with Gasteiger partial charge in [0, 0.05) is 17.9 Å². The van der Waals surface area contributed by atoms with Crippen molar-refractivity contribution >= 4 is 5.69 Å². The van der Waals surface area contributed by atoms with Gasteiger partial charge in [-0.15, -0.1) is 0 Å². The Morgan fingerprint density at radius 3 is 2.94 bits per heavy atom. The smallest absolute Gasteiger partial charge is 0.123 e. The molecule has 18 heavy (non-hydrogen) atoms. The van der Waals surface area contributed by atoms with Crippen molar-refractivity contribution in [2.24, 2.45) is 0 Å². The molecule has 1 N–H and O–H groups in total. The Hall–Kier alpha value is -1.81. The topological polar surface area (TPSA) is 49.5 Å². The highest BCUT2D eigenvalue weighted by molar-refractivity contribution is 5.49. The first kappa shape index (κ1) is 11.3. The first-order chi connectivity index (χ1) is 8.86. The predicted octanol–water partition coefficient (Wildman–Crippen LogP) is 2.34. The number of rotatable bonds is 5. The van der Waals surface area contributed by atoms with E-state index in [1.54, 1.807) is 12.5 Å². The van der Waals surface area contributed by atoms with E-state index in [1.807, 2.05) is 24.3 Å². The summed E-state index contributed by atoms with van der Waals surface area (Å²) in [5.74, 6) is 0.962. The first-order valence-corrected chi connectivity index (χ1v) is 6.21. The largest absolute Gasteiger partial charge is 0.467 e. The molecule has 4 heteroatoms. The fourth-order valence-electron chi connectivity index (χ4n) is 2.12. The summed E-state index contributed by atoms with van der Waals surface area (Å²) in [6, 6.07) is 8.42. The average molecular weight is 244 g/mol. The van der Waals surface area contributed by atoms with Crippen LogP contribution in [0.3, 0.4) is 0 Å². The number of aliphatic hydroxyl groups excluding tert-OH is 1. The second-order valence-electron chi connectivity index (χ2n) is 4.60. The van der Waals surface area contributed by atoms with Gasteiger partial charge in [0.05, 0.1) is 25.1 Å². The maximum atomic E-state index is 9.16. The molecule has 3 rings (SSSR count). The molecular formula is C14H16N2O2. The van der Waals surface area contributed by atoms with Crippen LogP contribution in [0.1, 0.15) is 24.3 Å². The van der Waals surface area contributed by atoms with Crippen LogP contribution in [0.4, 0.5) is 5.69 Å². The molecule has 0 aromatic carbocycles. The maximum Gasteiger partial charge on any atom is 0.123 e. The van der Waals surface area contributed by atoms with E-state index in [0.717, 1.165) is 18.0 Å². The molecule has 1 fully saturated rings. The van der Waals surface area contributed by atoms with Crippen molar-refractivity contribution in [2.75, 3.05) is 4.90 Å². The predicted molar refractivity (Wildman–Crippen MR) is 68.1 cm³/mol. The van der Waals surface area contributed by atoms with Crippen molar-refractivity contribution in [3.05, 3.63) is 48.2 Å². The minimum Gasteiger partial charge on any atom is -0.467 e. The van der Waals surface area contributed by atoms with Gasteiger partial charge in [0.25, 0.3) is 0 Å². The molecule has 0 radical (unpaired) electrons. The maximum absolute atomic E-state index is 9.16. The van der Waals surface area contributed by atoms with Crippen LogP contribution >= 0.6 is 0 Å². The van der Waals surface area contributed by atoms with Crippen molar-refractivity contribution in [1.29, 1.82) is 0 Å². The first-order valence-electron chi connectivity index (χ1n) is 6.21. The third-order valence-electron chi connectivity index (χ3n) is 3.19. The van der Waals surface area contributed by atoms with Crippen molar-refractivity contribution in [3.63, 3.8) is 0 Å². The quantitative estimate of drug-likeness (QED) is 0.877. The van der Waals surface area contributed by atoms with E-state index < -0.39 is 0 Å². The van der Waals surface area contributed by atoms with Crippen LogP contribution in [0.25, 0.3) is 0 Å². The Morgan fingerprint density at radius 1 is 1.39 bits per heavy atom. The number of anilines is 1. The van der Waals surface area contributed by atoms with Gasteiger partial charge in [0.15, 0.2) is 0 Å². The van der Waals surface area contributed by atoms with Crippen molar-refractivity contribution in [3.8, 4) is 0 Å². The number of aliphatic hydroxyl groups is 1. The highest BCUT2D eigenvalue weighted by atomic mass is 16.3. The zero-order valence-corrected chi connectivity index (χ0v) is 10.1. The van der Waals surface area contributed by atoms with E-state index in [2.05, 4.69) is 9.88 Å². The van der Waals surface area contributed by atoms with Crippen molar-refractivity contribution in [2.45, 2.75) is 32.0 Å². The van der Waals surface area contributed by atoms with Gasteiger partial charge in [-0.05, 0) is 37.1 Å². The molecule has 1 aliphatic rings. The van der Waals surface area contributed by atoms with E-state index in [9.17, 15) is 0 Å². The van der Waals surface area contributed by atoms with Crippen LogP contribution in [-0.4, -0.2) is 16.1 Å². The molecule has 0 spiro atoms. The summed E-state index contributed by atoms with van der Waals surface area (Å²) in [7, 11) is 0. The normalized spacial score (nSPS) is 14.7. The summed E-state index contributed by atoms with van der Waals surface area (Å²) in [5, 5.41) is 9.16. The fraction of sp³-hybridized carbons (Fsp3) is 0.357. The lowest BCUT2D eigenvalue weighted by atomic mass is 10.2. The fourth-order valence-corrected chi connectivity index (χ4v) is 2.12. The molecule has 0 unspecified atom stereocenters. The highest BCUT2D eigenvalue weighted by Gasteiger charge is 2.30. The lowest BCUT2D eigenvalue weighted by Gasteiger charge is -2.23. The van der Waals surface area contributed by atoms with Gasteiger partial charge in [-0.2, -0.15) is 0 Å². The van der Waals surface area contributed by atoms with Crippen LogP contribution in [0, 0.1) is 0 Å². The summed E-state index contributed by atoms with van der Waals surface area (Å²) >= 11 is 0. The zero-order valence-electron chi connectivity index (χ0n) is 10.1. The number of aromatic nitrogens is 1. The van der Waals surface area contributed by atoms with Crippen LogP contribution in [0.5, 0.6) is 0 Å². The third kappa shape index (κ3) is 2.38. The Morgan fingerprint density at radius 2 is 2.28 bits per heavy atom. The number of hydrogen-bond acceptors (Lipinski definition) is 4. The lowest BCUT2D eigenvalue weighted by molar-refractivity contribution is 0.277. The van der Waals surface area contributed by atoms with E-state index in [4.69, 9.17) is 9.52 Å². The molecule has 2 aromatic heterocycles. The summed E-state index contributed by atoms with van der Waals surface area (Å²) in [5.41, 5.74) is 1.81. The summed E-state index contributed by atoms with van der Waals surface area (Å²) in [6.07, 6.45) is 5.89. The molecule has 0 saturated heterocycles. The van der Waals surface area contributed by atoms with Gasteiger partial charge >= 0.3 is 0 Å². The van der Waals surface area contributed by atoms with Crippen LogP contribution < -0.4 is 4.90 Å². The number of pyridine rings is 1. The zero-order chi connectivity index (χ0) is 12.4. The number of hydrogen-bond donors (Lipinski definition) is 1. The van der Waals surface area contributed by atoms with Gasteiger partial charge in [-0.3, -0.25) is 4.98 Å². The lowest BCUT2D eigenvalue weighted by Crippen LogP contribution is -2.24. The Balaban J connectivity index is 1.84. The Bertz CT molecular complexity index is 506. The van der Waals surface area contributed by atoms with E-state index in [1.165, 1.54) is 12.8 Å². The summed E-state index contributed by atoms with van der Waals surface area (Å²) in [4.78, 5) is 6.44. The van der Waals surface area contributed by atoms with Gasteiger partial charge in [-0.25, -0.2) is 0 Å². The van der Waals surface area contributed by atoms with Gasteiger partial charge in [-0.1, -0.05) is 0 Å². The number of furan rings is 1. The minimum absolute atomic E-state index is 0.0207. The van der Waals surface area contributed by atoms with Gasteiger partial charge < -0.3 is 14.4 Å². The molecule has 2 aromatic rings. The monoisotopic (exact) mass is 244 g/mol. The third-order valence-corrected chi connectivity index (χ3v) is 3.19. The molecule has 1 aliphatic carbocycles. The summed E-state index contributed by atoms with van der Waals surface area (Å²) < 4.78 is 5.41. The molecule has 0 aliphatic heterocycles. The molecule has 4 nitrogen and oxygen atoms in total. The molecule has 0 atom stereocenters. The van der Waals surface area contributed by atoms with Crippen LogP contribution in [0.15, 0.2) is 41.1 Å². The van der Waals surface area contributed by atoms with E-state index >= 15 is 0 Å². The van der Waals surface area contributed by atoms with E-state index in [-0.39, 0.29) is 6.61 Å². The molecule has 2 heterocycles. The molecule has 0 amide bonds. The second kappa shape index (κ2) is 4.82. The van der Waals surface area contributed by atoms with Crippen LogP contribution in [-0.2, 0) is 13.2 Å². The highest BCUT2D eigenvalue weighted by Crippen LogP contribution is 2.33. The minimum atomic E-state index is -0.0207. The van der Waals surface area contributed by atoms with Crippen molar-refractivity contribution < 1.29 is 9.52 Å². The molecule has 94 valence electrons. The van der Waals surface area contributed by atoms with Crippen molar-refractivity contribution in [1.82, 2.24) is 4.98 Å². The molecular weight excluding hydrogens is 228 g/mol. The number of nitrogens with zero attached hydrogens (tertiary/aromatic N) is 2. The van der Waals surface area contributed by atoms with Crippen LogP contribution in [0.2, 0.25) is 0 Å². The van der Waals surface area contributed by atoms with Gasteiger partial charge in [0.1, 0.15) is 5.76 Å². The average Bonchev–Trinajstić information content (AvgIpc) is 3.13. The molecule has 0 bridgehead atoms. The summed E-state index contributed by atoms with van der Waals surface area (Å²) in [6.45, 7) is 0.750. The standard InChI is InChI=1S/C14H16N2O2/c17-10-11-8-13(5-6-15-11)16(12-3-4-12)9-14-2-1-7-18-14/h1-2,5-8,12,17H,3-4,9-10H2.